The number of hydrogen-bond acceptors (Lipinski definition) is 4. The Balaban J connectivity index is 1.85. The largest absolute Gasteiger partial charge is 0.416 e. The van der Waals surface area contributed by atoms with Crippen molar-refractivity contribution in [1.82, 2.24) is 10.2 Å². The summed E-state index contributed by atoms with van der Waals surface area (Å²) in [6, 6.07) is 24.1. The number of sulfonamides is 1. The van der Waals surface area contributed by atoms with Gasteiger partial charge in [-0.05, 0) is 81.3 Å². The van der Waals surface area contributed by atoms with Gasteiger partial charge in [0.15, 0.2) is 0 Å². The minimum absolute atomic E-state index is 0.0797. The fourth-order valence-corrected chi connectivity index (χ4v) is 6.53. The molecule has 0 radical (unpaired) electrons. The van der Waals surface area contributed by atoms with Crippen LogP contribution in [0.15, 0.2) is 108 Å². The summed E-state index contributed by atoms with van der Waals surface area (Å²) in [7, 11) is -4.57. The van der Waals surface area contributed by atoms with Crippen LogP contribution in [0.25, 0.3) is 0 Å². The van der Waals surface area contributed by atoms with E-state index in [9.17, 15) is 31.2 Å². The topological polar surface area (TPSA) is 86.8 Å². The summed E-state index contributed by atoms with van der Waals surface area (Å²) >= 11 is 6.11. The van der Waals surface area contributed by atoms with Crippen LogP contribution in [0.4, 0.5) is 18.9 Å². The summed E-state index contributed by atoms with van der Waals surface area (Å²) in [5.74, 6) is -1.29. The highest BCUT2D eigenvalue weighted by Crippen LogP contribution is 2.33. The molecule has 0 saturated heterocycles. The third kappa shape index (κ3) is 9.60. The van der Waals surface area contributed by atoms with Crippen molar-refractivity contribution in [3.63, 3.8) is 0 Å². The molecule has 0 aliphatic rings. The number of nitrogens with one attached hydrogen (secondary N) is 1. The lowest BCUT2D eigenvalue weighted by atomic mass is 10.0. The predicted octanol–water partition coefficient (Wildman–Crippen LogP) is 7.42. The van der Waals surface area contributed by atoms with Gasteiger partial charge in [-0.25, -0.2) is 8.42 Å². The Labute approximate surface area is 284 Å². The first-order valence-electron chi connectivity index (χ1n) is 15.1. The second-order valence-electron chi connectivity index (χ2n) is 12.5. The van der Waals surface area contributed by atoms with E-state index in [-0.39, 0.29) is 23.5 Å². The van der Waals surface area contributed by atoms with Crippen LogP contribution in [0.3, 0.4) is 0 Å². The minimum Gasteiger partial charge on any atom is -0.350 e. The average molecular weight is 700 g/mol. The van der Waals surface area contributed by atoms with E-state index in [0.29, 0.717) is 21.0 Å². The molecule has 7 nitrogen and oxygen atoms in total. The van der Waals surface area contributed by atoms with Gasteiger partial charge in [-0.3, -0.25) is 13.9 Å². The lowest BCUT2D eigenvalue weighted by molar-refractivity contribution is -0.140. The van der Waals surface area contributed by atoms with Crippen LogP contribution in [0.1, 0.15) is 43.0 Å². The van der Waals surface area contributed by atoms with Crippen molar-refractivity contribution in [3.05, 3.63) is 130 Å². The monoisotopic (exact) mass is 699 g/mol. The smallest absolute Gasteiger partial charge is 0.350 e. The molecule has 0 bridgehead atoms. The van der Waals surface area contributed by atoms with Crippen molar-refractivity contribution >= 4 is 39.1 Å². The molecule has 254 valence electrons. The minimum atomic E-state index is -4.77. The fraction of sp³-hybridized carbons (Fsp3) is 0.278. The van der Waals surface area contributed by atoms with Gasteiger partial charge >= 0.3 is 6.18 Å². The van der Waals surface area contributed by atoms with Crippen LogP contribution in [0.5, 0.6) is 0 Å². The second-order valence-corrected chi connectivity index (χ2v) is 14.8. The zero-order chi connectivity index (χ0) is 35.3. The molecule has 0 heterocycles. The third-order valence-electron chi connectivity index (χ3n) is 7.38. The highest BCUT2D eigenvalue weighted by molar-refractivity contribution is 7.92. The number of nitrogens with zero attached hydrogens (tertiary/aromatic N) is 2. The number of benzene rings is 4. The Bertz CT molecular complexity index is 1830. The molecule has 0 saturated carbocycles. The van der Waals surface area contributed by atoms with E-state index in [1.165, 1.54) is 23.1 Å². The quantitative estimate of drug-likeness (QED) is 0.177. The Morgan fingerprint density at radius 1 is 0.833 bits per heavy atom. The number of alkyl halides is 3. The Morgan fingerprint density at radius 2 is 1.46 bits per heavy atom. The molecule has 0 aromatic heterocycles. The molecule has 0 aliphatic carbocycles. The molecular weight excluding hydrogens is 663 g/mol. The van der Waals surface area contributed by atoms with Crippen LogP contribution in [-0.4, -0.2) is 43.3 Å². The molecule has 48 heavy (non-hydrogen) atoms. The molecule has 1 N–H and O–H groups in total. The van der Waals surface area contributed by atoms with Gasteiger partial charge in [-0.15, -0.1) is 0 Å². The Hall–Kier alpha value is -4.35. The van der Waals surface area contributed by atoms with E-state index < -0.39 is 51.7 Å². The van der Waals surface area contributed by atoms with Gasteiger partial charge in [0.2, 0.25) is 11.8 Å². The van der Waals surface area contributed by atoms with Gasteiger partial charge in [0.1, 0.15) is 12.6 Å². The van der Waals surface area contributed by atoms with E-state index in [1.54, 1.807) is 88.4 Å². The fourth-order valence-electron chi connectivity index (χ4n) is 5.00. The van der Waals surface area contributed by atoms with Crippen LogP contribution < -0.4 is 9.62 Å². The van der Waals surface area contributed by atoms with Crippen molar-refractivity contribution < 1.29 is 31.2 Å². The normalized spacial score (nSPS) is 12.7. The lowest BCUT2D eigenvalue weighted by Crippen LogP contribution is -2.56. The number of anilines is 1. The summed E-state index contributed by atoms with van der Waals surface area (Å²) < 4.78 is 70.3. The number of carbonyl (C=O) groups excluding carboxylic acids is 2. The van der Waals surface area contributed by atoms with Crippen LogP contribution >= 0.6 is 11.6 Å². The SMILES string of the molecule is Cc1ccc(S(=O)(=O)N(CC(=O)N(Cc2ccc(Cl)cc2)[C@@H](Cc2ccccc2)C(=O)NC(C)(C)C)c2cccc(C(F)(F)F)c2)cc1. The molecule has 12 heteroatoms. The molecule has 0 aliphatic heterocycles. The van der Waals surface area contributed by atoms with Crippen LogP contribution in [0.2, 0.25) is 5.02 Å². The highest BCUT2D eigenvalue weighted by Gasteiger charge is 2.37. The van der Waals surface area contributed by atoms with Crippen molar-refractivity contribution in [1.29, 1.82) is 0 Å². The second kappa shape index (κ2) is 14.8. The van der Waals surface area contributed by atoms with Crippen LogP contribution in [-0.2, 0) is 38.8 Å². The summed E-state index contributed by atoms with van der Waals surface area (Å²) in [5.41, 5.74) is -0.0212. The first kappa shape index (κ1) is 36.5. The average Bonchev–Trinajstić information content (AvgIpc) is 3.01. The van der Waals surface area contributed by atoms with Crippen molar-refractivity contribution in [2.24, 2.45) is 0 Å². The predicted molar refractivity (Wildman–Crippen MR) is 181 cm³/mol. The molecule has 4 rings (SSSR count). The van der Waals surface area contributed by atoms with E-state index >= 15 is 0 Å². The van der Waals surface area contributed by atoms with E-state index in [0.717, 1.165) is 23.3 Å². The van der Waals surface area contributed by atoms with Crippen molar-refractivity contribution in [2.45, 2.75) is 63.3 Å². The molecular formula is C36H37ClF3N3O4S. The Morgan fingerprint density at radius 3 is 2.04 bits per heavy atom. The van der Waals surface area contributed by atoms with Gasteiger partial charge in [0.25, 0.3) is 10.0 Å². The summed E-state index contributed by atoms with van der Waals surface area (Å²) in [6.07, 6.45) is -4.69. The van der Waals surface area contributed by atoms with E-state index in [2.05, 4.69) is 5.32 Å². The van der Waals surface area contributed by atoms with Gasteiger partial charge in [-0.1, -0.05) is 77.8 Å². The molecule has 0 unspecified atom stereocenters. The van der Waals surface area contributed by atoms with Crippen molar-refractivity contribution in [2.75, 3.05) is 10.8 Å². The number of halogens is 4. The Kier molecular flexibility index (Phi) is 11.3. The van der Waals surface area contributed by atoms with Gasteiger partial charge in [0.05, 0.1) is 16.1 Å². The number of rotatable bonds is 11. The van der Waals surface area contributed by atoms with Crippen LogP contribution in [0, 0.1) is 6.92 Å². The number of amides is 2. The third-order valence-corrected chi connectivity index (χ3v) is 9.42. The van der Waals surface area contributed by atoms with Crippen molar-refractivity contribution in [3.8, 4) is 0 Å². The zero-order valence-electron chi connectivity index (χ0n) is 27.0. The maximum absolute atomic E-state index is 14.5. The first-order valence-corrected chi connectivity index (χ1v) is 16.9. The summed E-state index contributed by atoms with van der Waals surface area (Å²) in [5, 5.41) is 3.38. The number of carbonyl (C=O) groups is 2. The maximum Gasteiger partial charge on any atom is 0.416 e. The lowest BCUT2D eigenvalue weighted by Gasteiger charge is -2.35. The summed E-state index contributed by atoms with van der Waals surface area (Å²) in [6.45, 7) is 6.12. The molecule has 0 fully saturated rings. The molecule has 1 atom stereocenters. The number of hydrogen-bond donors (Lipinski definition) is 1. The van der Waals surface area contributed by atoms with E-state index in [1.807, 2.05) is 6.07 Å². The standard InChI is InChI=1S/C36H37ClF3N3O4S/c1-25-13-19-31(20-14-25)48(46,47)43(30-12-8-11-28(22-30)36(38,39)40)24-33(44)42(23-27-15-17-29(37)18-16-27)32(34(45)41-35(2,3)4)21-26-9-6-5-7-10-26/h5-20,22,32H,21,23-24H2,1-4H3,(H,41,45)/t32-/m0/s1. The molecule has 4 aromatic carbocycles. The molecule has 2 amide bonds. The highest BCUT2D eigenvalue weighted by atomic mass is 35.5. The molecule has 0 spiro atoms. The van der Waals surface area contributed by atoms with Gasteiger partial charge < -0.3 is 10.2 Å². The maximum atomic E-state index is 14.5. The van der Waals surface area contributed by atoms with Gasteiger partial charge in [0, 0.05) is 23.5 Å². The number of aryl methyl sites for hydroxylation is 1. The summed E-state index contributed by atoms with van der Waals surface area (Å²) in [4.78, 5) is 29.5. The zero-order valence-corrected chi connectivity index (χ0v) is 28.5. The van der Waals surface area contributed by atoms with E-state index in [4.69, 9.17) is 11.6 Å². The van der Waals surface area contributed by atoms with Gasteiger partial charge in [-0.2, -0.15) is 13.2 Å². The molecule has 4 aromatic rings. The first-order chi connectivity index (χ1) is 22.4.